The van der Waals surface area contributed by atoms with Crippen LogP contribution in [-0.4, -0.2) is 19.6 Å². The molecule has 0 spiro atoms. The molecular formula is C11H26N3. The average Bonchev–Trinajstić information content (AvgIpc) is 2.21. The molecule has 0 aromatic heterocycles. The first-order valence-corrected chi connectivity index (χ1v) is 5.64. The first kappa shape index (κ1) is 13.9. The maximum Gasteiger partial charge on any atom is -0.00771 e. The van der Waals surface area contributed by atoms with Crippen molar-refractivity contribution in [1.29, 1.82) is 0 Å². The molecule has 0 aromatic rings. The van der Waals surface area contributed by atoms with Crippen LogP contribution in [-0.2, 0) is 0 Å². The maximum atomic E-state index is 5.52. The summed E-state index contributed by atoms with van der Waals surface area (Å²) in [6.45, 7) is 6.57. The highest BCUT2D eigenvalue weighted by Gasteiger charge is 2.22. The Morgan fingerprint density at radius 1 is 0.714 bits per heavy atom. The molecule has 0 heterocycles. The van der Waals surface area contributed by atoms with Crippen LogP contribution < -0.4 is 17.2 Å². The van der Waals surface area contributed by atoms with Crippen LogP contribution in [0.4, 0.5) is 0 Å². The van der Waals surface area contributed by atoms with Crippen molar-refractivity contribution in [2.45, 2.75) is 38.5 Å². The SMILES string of the molecule is [CH2]C(CCCN)(CCCN)CCCN. The molecule has 0 bridgehead atoms. The molecule has 1 radical (unpaired) electrons. The first-order valence-electron chi connectivity index (χ1n) is 5.64. The minimum Gasteiger partial charge on any atom is -0.330 e. The van der Waals surface area contributed by atoms with Gasteiger partial charge in [0.2, 0.25) is 0 Å². The third kappa shape index (κ3) is 6.35. The lowest BCUT2D eigenvalue weighted by Gasteiger charge is -2.29. The van der Waals surface area contributed by atoms with Crippen molar-refractivity contribution >= 4 is 0 Å². The van der Waals surface area contributed by atoms with Crippen molar-refractivity contribution in [2.24, 2.45) is 22.6 Å². The summed E-state index contributed by atoms with van der Waals surface area (Å²) in [7, 11) is 0. The molecule has 0 saturated heterocycles. The summed E-state index contributed by atoms with van der Waals surface area (Å²) in [5, 5.41) is 0. The van der Waals surface area contributed by atoms with Crippen LogP contribution in [0.15, 0.2) is 0 Å². The summed E-state index contributed by atoms with van der Waals surface area (Å²) in [5.41, 5.74) is 16.7. The highest BCUT2D eigenvalue weighted by atomic mass is 14.5. The van der Waals surface area contributed by atoms with Crippen molar-refractivity contribution in [3.63, 3.8) is 0 Å². The van der Waals surface area contributed by atoms with E-state index in [1.54, 1.807) is 0 Å². The Bertz CT molecular complexity index is 104. The van der Waals surface area contributed by atoms with Crippen LogP contribution in [0.1, 0.15) is 38.5 Å². The zero-order valence-corrected chi connectivity index (χ0v) is 9.30. The molecule has 3 heteroatoms. The summed E-state index contributed by atoms with van der Waals surface area (Å²) >= 11 is 0. The fourth-order valence-electron chi connectivity index (χ4n) is 1.81. The van der Waals surface area contributed by atoms with E-state index in [1.165, 1.54) is 0 Å². The van der Waals surface area contributed by atoms with Crippen molar-refractivity contribution in [2.75, 3.05) is 19.6 Å². The Morgan fingerprint density at radius 2 is 1.00 bits per heavy atom. The molecule has 6 N–H and O–H groups in total. The van der Waals surface area contributed by atoms with Crippen molar-refractivity contribution < 1.29 is 0 Å². The zero-order valence-electron chi connectivity index (χ0n) is 9.30. The standard InChI is InChI=1S/C11H26N3/c1-11(5-2-8-12,6-3-9-13)7-4-10-14/h1-10,12-14H2. The van der Waals surface area contributed by atoms with E-state index in [2.05, 4.69) is 6.92 Å². The molecule has 0 fully saturated rings. The second-order valence-corrected chi connectivity index (χ2v) is 4.18. The summed E-state index contributed by atoms with van der Waals surface area (Å²) < 4.78 is 0. The molecule has 0 aliphatic heterocycles. The Labute approximate surface area is 88.4 Å². The number of hydrogen-bond acceptors (Lipinski definition) is 3. The summed E-state index contributed by atoms with van der Waals surface area (Å²) in [6.07, 6.45) is 6.46. The van der Waals surface area contributed by atoms with Gasteiger partial charge in [0.05, 0.1) is 0 Å². The van der Waals surface area contributed by atoms with E-state index in [1.807, 2.05) is 0 Å². The zero-order chi connectivity index (χ0) is 10.9. The Hall–Kier alpha value is -0.120. The van der Waals surface area contributed by atoms with Gasteiger partial charge in [-0.1, -0.05) is 0 Å². The molecule has 0 aliphatic carbocycles. The van der Waals surface area contributed by atoms with Gasteiger partial charge in [-0.25, -0.2) is 0 Å². The van der Waals surface area contributed by atoms with Crippen LogP contribution in [0.5, 0.6) is 0 Å². The lowest BCUT2D eigenvalue weighted by molar-refractivity contribution is 0.276. The van der Waals surface area contributed by atoms with Gasteiger partial charge in [0.1, 0.15) is 0 Å². The Kier molecular flexibility index (Phi) is 8.14. The van der Waals surface area contributed by atoms with Crippen molar-refractivity contribution in [3.8, 4) is 0 Å². The van der Waals surface area contributed by atoms with Crippen LogP contribution in [0, 0.1) is 12.3 Å². The van der Waals surface area contributed by atoms with E-state index in [4.69, 9.17) is 17.2 Å². The second-order valence-electron chi connectivity index (χ2n) is 4.18. The molecule has 0 amide bonds. The monoisotopic (exact) mass is 200 g/mol. The summed E-state index contributed by atoms with van der Waals surface area (Å²) in [4.78, 5) is 0. The average molecular weight is 200 g/mol. The first-order chi connectivity index (χ1) is 6.68. The van der Waals surface area contributed by atoms with E-state index < -0.39 is 0 Å². The van der Waals surface area contributed by atoms with Gasteiger partial charge < -0.3 is 17.2 Å². The van der Waals surface area contributed by atoms with E-state index in [0.717, 1.165) is 58.2 Å². The van der Waals surface area contributed by atoms with Gasteiger partial charge in [-0.2, -0.15) is 0 Å². The van der Waals surface area contributed by atoms with Gasteiger partial charge in [0.15, 0.2) is 0 Å². The lowest BCUT2D eigenvalue weighted by Crippen LogP contribution is -2.21. The normalized spacial score (nSPS) is 12.0. The Balaban J connectivity index is 3.89. The van der Waals surface area contributed by atoms with Crippen LogP contribution in [0.3, 0.4) is 0 Å². The highest BCUT2D eigenvalue weighted by molar-refractivity contribution is 4.82. The number of nitrogens with two attached hydrogens (primary N) is 3. The van der Waals surface area contributed by atoms with Crippen LogP contribution in [0.2, 0.25) is 0 Å². The van der Waals surface area contributed by atoms with E-state index in [9.17, 15) is 0 Å². The van der Waals surface area contributed by atoms with E-state index in [0.29, 0.717) is 0 Å². The molecular weight excluding hydrogens is 174 g/mol. The molecule has 0 aliphatic rings. The third-order valence-electron chi connectivity index (χ3n) is 2.73. The maximum absolute atomic E-state index is 5.52. The second kappa shape index (κ2) is 8.21. The molecule has 3 nitrogen and oxygen atoms in total. The summed E-state index contributed by atoms with van der Waals surface area (Å²) in [6, 6.07) is 0. The fraction of sp³-hybridized carbons (Fsp3) is 0.909. The van der Waals surface area contributed by atoms with Crippen molar-refractivity contribution in [3.05, 3.63) is 6.92 Å². The predicted octanol–water partition coefficient (Wildman–Crippen LogP) is 1.02. The smallest absolute Gasteiger partial charge is 0.00771 e. The third-order valence-corrected chi connectivity index (χ3v) is 2.73. The molecule has 0 rings (SSSR count). The van der Waals surface area contributed by atoms with Gasteiger partial charge in [-0.05, 0) is 70.5 Å². The van der Waals surface area contributed by atoms with E-state index >= 15 is 0 Å². The summed E-state index contributed by atoms with van der Waals surface area (Å²) in [5.74, 6) is 0. The van der Waals surface area contributed by atoms with Gasteiger partial charge in [0.25, 0.3) is 0 Å². The van der Waals surface area contributed by atoms with E-state index in [-0.39, 0.29) is 5.41 Å². The number of rotatable bonds is 9. The van der Waals surface area contributed by atoms with Gasteiger partial charge in [-0.15, -0.1) is 0 Å². The lowest BCUT2D eigenvalue weighted by atomic mass is 9.77. The Morgan fingerprint density at radius 3 is 1.21 bits per heavy atom. The molecule has 14 heavy (non-hydrogen) atoms. The highest BCUT2D eigenvalue weighted by Crippen LogP contribution is 2.33. The minimum atomic E-state index is 0.165. The van der Waals surface area contributed by atoms with Crippen LogP contribution in [0.25, 0.3) is 0 Å². The van der Waals surface area contributed by atoms with Crippen molar-refractivity contribution in [1.82, 2.24) is 0 Å². The van der Waals surface area contributed by atoms with Gasteiger partial charge in [-0.3, -0.25) is 0 Å². The molecule has 85 valence electrons. The quantitative estimate of drug-likeness (QED) is 0.520. The molecule has 0 unspecified atom stereocenters. The van der Waals surface area contributed by atoms with Gasteiger partial charge in [0, 0.05) is 0 Å². The predicted molar refractivity (Wildman–Crippen MR) is 62.7 cm³/mol. The minimum absolute atomic E-state index is 0.165. The largest absolute Gasteiger partial charge is 0.330 e. The fourth-order valence-corrected chi connectivity index (χ4v) is 1.81. The van der Waals surface area contributed by atoms with Gasteiger partial charge >= 0.3 is 0 Å². The topological polar surface area (TPSA) is 78.1 Å². The molecule has 0 saturated carbocycles. The molecule has 0 atom stereocenters. The number of hydrogen-bond donors (Lipinski definition) is 3. The molecule has 0 aromatic carbocycles. The van der Waals surface area contributed by atoms with Crippen LogP contribution >= 0.6 is 0 Å².